The maximum absolute atomic E-state index is 12.9. The van der Waals surface area contributed by atoms with Crippen molar-refractivity contribution in [1.29, 1.82) is 0 Å². The molecule has 0 bridgehead atoms. The molecule has 0 saturated carbocycles. The molecule has 2 nitrogen and oxygen atoms in total. The number of carbonyl (C=O) groups excluding carboxylic acids is 1. The molecule has 0 spiro atoms. The Labute approximate surface area is 62.2 Å². The van der Waals surface area contributed by atoms with Crippen LogP contribution in [-0.2, 0) is 4.79 Å². The average molecular weight is 163 g/mol. The highest BCUT2D eigenvalue weighted by Gasteiger charge is 2.23. The summed E-state index contributed by atoms with van der Waals surface area (Å²) >= 11 is 0. The summed E-state index contributed by atoms with van der Waals surface area (Å²) in [7, 11) is -0.956. The Morgan fingerprint density at radius 1 is 1.60 bits per heavy atom. The van der Waals surface area contributed by atoms with Crippen molar-refractivity contribution in [1.82, 2.24) is 4.90 Å². The monoisotopic (exact) mass is 163 g/mol. The molecule has 0 aromatic rings. The van der Waals surface area contributed by atoms with E-state index in [2.05, 4.69) is 0 Å². The van der Waals surface area contributed by atoms with Gasteiger partial charge in [0.1, 0.15) is 0 Å². The summed E-state index contributed by atoms with van der Waals surface area (Å²) < 4.78 is 12.9. The first-order valence-corrected chi connectivity index (χ1v) is 6.32. The highest BCUT2D eigenvalue weighted by molar-refractivity contribution is 6.70. The molecule has 0 unspecified atom stereocenters. The Bertz CT molecular complexity index is 132. The molecule has 0 aliphatic heterocycles. The van der Waals surface area contributed by atoms with Crippen LogP contribution >= 0.6 is 0 Å². The van der Waals surface area contributed by atoms with Crippen LogP contribution in [0.1, 0.15) is 6.92 Å². The third kappa shape index (κ3) is 4.49. The third-order valence-electron chi connectivity index (χ3n) is 1.15. The van der Waals surface area contributed by atoms with Gasteiger partial charge in [-0.05, 0) is 13.1 Å². The second-order valence-electron chi connectivity index (χ2n) is 3.09. The van der Waals surface area contributed by atoms with E-state index >= 15 is 0 Å². The summed E-state index contributed by atoms with van der Waals surface area (Å²) in [6.07, 6.45) is 0.294. The molecule has 0 aliphatic rings. The predicted octanol–water partition coefficient (Wildman–Crippen LogP) is 1.18. The molecule has 1 amide bonds. The number of rotatable bonds is 2. The number of nitrogens with zero attached hydrogens (tertiary/aromatic N) is 1. The van der Waals surface area contributed by atoms with Crippen molar-refractivity contribution in [3.8, 4) is 0 Å². The fraction of sp³-hybridized carbons (Fsp3) is 0.833. The van der Waals surface area contributed by atoms with E-state index in [1.165, 1.54) is 11.8 Å². The molecule has 0 saturated heterocycles. The van der Waals surface area contributed by atoms with E-state index in [0.29, 0.717) is 6.17 Å². The Morgan fingerprint density at radius 3 is 2.10 bits per heavy atom. The molecule has 0 aromatic heterocycles. The normalized spacial score (nSPS) is 11.3. The number of halogens is 1. The average Bonchev–Trinajstić information content (AvgIpc) is 1.60. The lowest BCUT2D eigenvalue weighted by molar-refractivity contribution is -0.126. The summed E-state index contributed by atoms with van der Waals surface area (Å²) in [6.45, 7) is 4.62. The first-order valence-electron chi connectivity index (χ1n) is 3.23. The minimum atomic E-state index is -2.58. The van der Waals surface area contributed by atoms with Gasteiger partial charge in [0.2, 0.25) is 5.91 Å². The van der Waals surface area contributed by atoms with Crippen molar-refractivity contribution in [3.63, 3.8) is 0 Å². The van der Waals surface area contributed by atoms with E-state index in [1.54, 1.807) is 20.1 Å². The smallest absolute Gasteiger partial charge is 0.259 e. The number of amides is 1. The predicted molar refractivity (Wildman–Crippen MR) is 41.9 cm³/mol. The van der Waals surface area contributed by atoms with Gasteiger partial charge in [-0.15, -0.1) is 0 Å². The Morgan fingerprint density at radius 2 is 2.00 bits per heavy atom. The van der Waals surface area contributed by atoms with Gasteiger partial charge in [-0.25, -0.2) is 0 Å². The molecule has 0 atom stereocenters. The van der Waals surface area contributed by atoms with Crippen LogP contribution in [-0.4, -0.2) is 32.4 Å². The van der Waals surface area contributed by atoms with Gasteiger partial charge in [-0.2, -0.15) is 0 Å². The minimum Gasteiger partial charge on any atom is -0.346 e. The summed E-state index contributed by atoms with van der Waals surface area (Å²) in [5.41, 5.74) is 0. The van der Waals surface area contributed by atoms with Crippen molar-refractivity contribution >= 4 is 14.3 Å². The van der Waals surface area contributed by atoms with Crippen LogP contribution in [0.2, 0.25) is 13.1 Å². The maximum Gasteiger partial charge on any atom is 0.259 e. The lowest BCUT2D eigenvalue weighted by Crippen LogP contribution is -2.39. The number of hydrogen-bond acceptors (Lipinski definition) is 1. The maximum atomic E-state index is 12.9. The highest BCUT2D eigenvalue weighted by atomic mass is 28.4. The van der Waals surface area contributed by atoms with Crippen LogP contribution in [0.15, 0.2) is 0 Å². The molecule has 0 fully saturated rings. The van der Waals surface area contributed by atoms with Crippen LogP contribution in [0.4, 0.5) is 4.11 Å². The molecule has 0 heterocycles. The number of hydrogen-bond donors (Lipinski definition) is 0. The van der Waals surface area contributed by atoms with Gasteiger partial charge >= 0.3 is 0 Å². The van der Waals surface area contributed by atoms with Gasteiger partial charge in [0, 0.05) is 20.1 Å². The Kier molecular flexibility index (Phi) is 3.02. The first-order chi connectivity index (χ1) is 4.33. The highest BCUT2D eigenvalue weighted by Crippen LogP contribution is 2.04. The van der Waals surface area contributed by atoms with Gasteiger partial charge in [0.25, 0.3) is 8.41 Å². The van der Waals surface area contributed by atoms with E-state index < -0.39 is 8.41 Å². The van der Waals surface area contributed by atoms with Crippen LogP contribution in [0.5, 0.6) is 0 Å². The molecule has 0 aliphatic carbocycles. The second kappa shape index (κ2) is 3.14. The molecular weight excluding hydrogens is 149 g/mol. The minimum absolute atomic E-state index is 0.0711. The van der Waals surface area contributed by atoms with E-state index in [-0.39, 0.29) is 5.91 Å². The molecular formula is C6H14FNOSi. The van der Waals surface area contributed by atoms with E-state index in [9.17, 15) is 8.90 Å². The molecule has 60 valence electrons. The molecule has 0 radical (unpaired) electrons. The van der Waals surface area contributed by atoms with Crippen LogP contribution in [0.25, 0.3) is 0 Å². The summed E-state index contributed by atoms with van der Waals surface area (Å²) in [6, 6.07) is 0. The van der Waals surface area contributed by atoms with Gasteiger partial charge in [-0.3, -0.25) is 4.79 Å². The first kappa shape index (κ1) is 9.62. The van der Waals surface area contributed by atoms with Crippen LogP contribution in [0, 0.1) is 0 Å². The van der Waals surface area contributed by atoms with Gasteiger partial charge < -0.3 is 9.01 Å². The fourth-order valence-corrected chi connectivity index (χ4v) is 2.03. The Balaban J connectivity index is 3.80. The zero-order valence-corrected chi connectivity index (χ0v) is 7.94. The zero-order chi connectivity index (χ0) is 8.36. The third-order valence-corrected chi connectivity index (χ3v) is 2.38. The molecule has 0 aromatic carbocycles. The van der Waals surface area contributed by atoms with Crippen molar-refractivity contribution in [2.75, 3.05) is 13.2 Å². The van der Waals surface area contributed by atoms with Gasteiger partial charge in [0.05, 0.1) is 0 Å². The molecule has 0 N–H and O–H groups in total. The van der Waals surface area contributed by atoms with Crippen LogP contribution in [0.3, 0.4) is 0 Å². The van der Waals surface area contributed by atoms with Gasteiger partial charge in [-0.1, -0.05) is 0 Å². The molecule has 0 rings (SSSR count). The Hall–Kier alpha value is -0.383. The van der Waals surface area contributed by atoms with E-state index in [4.69, 9.17) is 0 Å². The topological polar surface area (TPSA) is 20.3 Å². The van der Waals surface area contributed by atoms with Crippen LogP contribution < -0.4 is 0 Å². The summed E-state index contributed by atoms with van der Waals surface area (Å²) in [5.74, 6) is -0.0711. The SMILES string of the molecule is CC(=O)N(C)C[Si](C)(C)F. The molecule has 10 heavy (non-hydrogen) atoms. The van der Waals surface area contributed by atoms with Crippen molar-refractivity contribution in [2.45, 2.75) is 20.0 Å². The van der Waals surface area contributed by atoms with Gasteiger partial charge in [0.15, 0.2) is 0 Å². The fourth-order valence-electron chi connectivity index (χ4n) is 0.675. The van der Waals surface area contributed by atoms with Crippen molar-refractivity contribution < 1.29 is 8.90 Å². The lowest BCUT2D eigenvalue weighted by Gasteiger charge is -2.19. The van der Waals surface area contributed by atoms with Crippen molar-refractivity contribution in [3.05, 3.63) is 0 Å². The van der Waals surface area contributed by atoms with E-state index in [0.717, 1.165) is 0 Å². The molecule has 4 heteroatoms. The number of carbonyl (C=O) groups is 1. The second-order valence-corrected chi connectivity index (χ2v) is 6.85. The lowest BCUT2D eigenvalue weighted by atomic mass is 10.6. The standard InChI is InChI=1S/C6H14FNOSi/c1-6(9)8(2)5-10(3,4)7/h5H2,1-4H3. The quantitative estimate of drug-likeness (QED) is 0.442. The van der Waals surface area contributed by atoms with E-state index in [1.807, 2.05) is 0 Å². The summed E-state index contributed by atoms with van der Waals surface area (Å²) in [4.78, 5) is 12.0. The zero-order valence-electron chi connectivity index (χ0n) is 6.94. The largest absolute Gasteiger partial charge is 0.346 e. The summed E-state index contributed by atoms with van der Waals surface area (Å²) in [5, 5.41) is 0. The van der Waals surface area contributed by atoms with Crippen molar-refractivity contribution in [2.24, 2.45) is 0 Å².